The summed E-state index contributed by atoms with van der Waals surface area (Å²) in [6, 6.07) is 22.2. The molecule has 0 spiro atoms. The molecule has 214 valence electrons. The number of hydrogen-bond acceptors (Lipinski definition) is 7. The number of aliphatic imine (C=N–C) groups is 1. The summed E-state index contributed by atoms with van der Waals surface area (Å²) < 4.78 is 36.5. The van der Waals surface area contributed by atoms with E-state index in [4.69, 9.17) is 55.3 Å². The minimum atomic E-state index is -4.25. The number of thioether (sulfide) groups is 1. The number of methoxy groups -OCH3 is 1. The third-order valence-corrected chi connectivity index (χ3v) is 9.03. The fraction of sp³-hybridized carbons (Fsp3) is 0.0345. The van der Waals surface area contributed by atoms with Crippen LogP contribution in [0.2, 0.25) is 20.1 Å². The first-order valence-corrected chi connectivity index (χ1v) is 15.7. The highest BCUT2D eigenvalue weighted by Crippen LogP contribution is 2.42. The lowest BCUT2D eigenvalue weighted by Gasteiger charge is -2.15. The SMILES string of the molecule is COc1cc(/C=C2\SC(=Nc3ccc(Cl)cc3)N(c3ccc(Cl)cc3)C2=O)cc(Cl)c1OS(=O)(=O)c1ccc(Cl)cc1. The maximum atomic E-state index is 13.6. The second kappa shape index (κ2) is 12.6. The van der Waals surface area contributed by atoms with Crippen molar-refractivity contribution in [3.8, 4) is 11.5 Å². The van der Waals surface area contributed by atoms with Gasteiger partial charge in [0.25, 0.3) is 5.91 Å². The molecule has 4 aromatic rings. The van der Waals surface area contributed by atoms with Crippen LogP contribution in [0.3, 0.4) is 0 Å². The molecule has 1 amide bonds. The normalized spacial score (nSPS) is 15.5. The number of anilines is 1. The maximum absolute atomic E-state index is 13.6. The highest BCUT2D eigenvalue weighted by Gasteiger charge is 2.35. The lowest BCUT2D eigenvalue weighted by molar-refractivity contribution is -0.113. The van der Waals surface area contributed by atoms with Crippen molar-refractivity contribution in [1.29, 1.82) is 0 Å². The van der Waals surface area contributed by atoms with E-state index in [1.807, 2.05) is 0 Å². The first-order valence-electron chi connectivity index (χ1n) is 12.0. The van der Waals surface area contributed by atoms with E-state index in [1.54, 1.807) is 54.6 Å². The second-order valence-electron chi connectivity index (χ2n) is 8.62. The Morgan fingerprint density at radius 1 is 0.833 bits per heavy atom. The molecular formula is C29H18Cl4N2O5S2. The van der Waals surface area contributed by atoms with Gasteiger partial charge >= 0.3 is 10.1 Å². The number of halogens is 4. The summed E-state index contributed by atoms with van der Waals surface area (Å²) in [5, 5.41) is 1.81. The van der Waals surface area contributed by atoms with Crippen LogP contribution in [0.1, 0.15) is 5.56 Å². The van der Waals surface area contributed by atoms with E-state index in [2.05, 4.69) is 4.99 Å². The van der Waals surface area contributed by atoms with Crippen molar-refractivity contribution in [2.75, 3.05) is 12.0 Å². The Morgan fingerprint density at radius 2 is 1.40 bits per heavy atom. The molecule has 7 nitrogen and oxygen atoms in total. The van der Waals surface area contributed by atoms with Crippen LogP contribution >= 0.6 is 58.2 Å². The van der Waals surface area contributed by atoms with E-state index in [0.29, 0.717) is 42.1 Å². The van der Waals surface area contributed by atoms with E-state index in [9.17, 15) is 13.2 Å². The zero-order valence-corrected chi connectivity index (χ0v) is 26.1. The highest BCUT2D eigenvalue weighted by molar-refractivity contribution is 8.19. The van der Waals surface area contributed by atoms with E-state index in [-0.39, 0.29) is 27.3 Å². The third-order valence-electron chi connectivity index (χ3n) is 5.79. The van der Waals surface area contributed by atoms with Crippen LogP contribution in [0.25, 0.3) is 6.08 Å². The topological polar surface area (TPSA) is 85.3 Å². The third kappa shape index (κ3) is 6.72. The molecular weight excluding hydrogens is 662 g/mol. The number of benzene rings is 4. The summed E-state index contributed by atoms with van der Waals surface area (Å²) in [5.74, 6) is -0.489. The Kier molecular flexibility index (Phi) is 9.08. The molecule has 0 atom stereocenters. The van der Waals surface area contributed by atoms with Gasteiger partial charge in [0.1, 0.15) is 4.90 Å². The van der Waals surface area contributed by atoms with Crippen molar-refractivity contribution in [2.24, 2.45) is 4.99 Å². The number of carbonyl (C=O) groups excluding carboxylic acids is 1. The lowest BCUT2D eigenvalue weighted by Crippen LogP contribution is -2.28. The van der Waals surface area contributed by atoms with Gasteiger partial charge in [-0.1, -0.05) is 46.4 Å². The molecule has 0 saturated carbocycles. The van der Waals surface area contributed by atoms with Crippen LogP contribution in [0, 0.1) is 0 Å². The van der Waals surface area contributed by atoms with Gasteiger partial charge in [0.05, 0.1) is 28.4 Å². The van der Waals surface area contributed by atoms with Crippen molar-refractivity contribution in [1.82, 2.24) is 0 Å². The molecule has 1 aliphatic rings. The number of carbonyl (C=O) groups is 1. The van der Waals surface area contributed by atoms with Gasteiger partial charge in [-0.3, -0.25) is 9.69 Å². The van der Waals surface area contributed by atoms with Crippen LogP contribution in [-0.2, 0) is 14.9 Å². The first kappa shape index (κ1) is 30.3. The molecule has 0 bridgehead atoms. The molecule has 13 heteroatoms. The van der Waals surface area contributed by atoms with Gasteiger partial charge in [0.2, 0.25) is 5.75 Å². The largest absolute Gasteiger partial charge is 0.493 e. The van der Waals surface area contributed by atoms with E-state index >= 15 is 0 Å². The van der Waals surface area contributed by atoms with Gasteiger partial charge in [0.15, 0.2) is 10.9 Å². The molecule has 1 saturated heterocycles. The molecule has 0 aliphatic carbocycles. The fourth-order valence-corrected chi connectivity index (χ4v) is 6.45. The van der Waals surface area contributed by atoms with Crippen molar-refractivity contribution < 1.29 is 22.1 Å². The van der Waals surface area contributed by atoms with Gasteiger partial charge in [-0.15, -0.1) is 0 Å². The van der Waals surface area contributed by atoms with Crippen LogP contribution in [0.5, 0.6) is 11.5 Å². The second-order valence-corrected chi connectivity index (χ2v) is 12.9. The van der Waals surface area contributed by atoms with Gasteiger partial charge in [-0.2, -0.15) is 8.42 Å². The number of rotatable bonds is 7. The van der Waals surface area contributed by atoms with Crippen molar-refractivity contribution in [3.05, 3.63) is 115 Å². The molecule has 5 rings (SSSR count). The molecule has 42 heavy (non-hydrogen) atoms. The Balaban J connectivity index is 1.51. The van der Waals surface area contributed by atoms with E-state index in [0.717, 1.165) is 11.8 Å². The van der Waals surface area contributed by atoms with Gasteiger partial charge in [-0.05, 0) is 108 Å². The Hall–Kier alpha value is -3.18. The zero-order valence-electron chi connectivity index (χ0n) is 21.4. The van der Waals surface area contributed by atoms with Crippen molar-refractivity contribution in [2.45, 2.75) is 4.90 Å². The monoisotopic (exact) mass is 678 g/mol. The number of amidine groups is 1. The van der Waals surface area contributed by atoms with E-state index < -0.39 is 10.1 Å². The number of nitrogens with zero attached hydrogens (tertiary/aromatic N) is 2. The minimum Gasteiger partial charge on any atom is -0.493 e. The van der Waals surface area contributed by atoms with Crippen LogP contribution in [0.15, 0.2) is 99.7 Å². The quantitative estimate of drug-likeness (QED) is 0.143. The van der Waals surface area contributed by atoms with Gasteiger partial charge in [-0.25, -0.2) is 4.99 Å². The van der Waals surface area contributed by atoms with Gasteiger partial charge in [0, 0.05) is 15.1 Å². The predicted octanol–water partition coefficient (Wildman–Crippen LogP) is 8.89. The molecule has 0 unspecified atom stereocenters. The Morgan fingerprint density at radius 3 is 2.00 bits per heavy atom. The summed E-state index contributed by atoms with van der Waals surface area (Å²) in [4.78, 5) is 20.0. The minimum absolute atomic E-state index is 0.0428. The maximum Gasteiger partial charge on any atom is 0.339 e. The van der Waals surface area contributed by atoms with E-state index in [1.165, 1.54) is 48.4 Å². The number of amides is 1. The van der Waals surface area contributed by atoms with Crippen LogP contribution < -0.4 is 13.8 Å². The molecule has 1 aliphatic heterocycles. The average molecular weight is 680 g/mol. The number of hydrogen-bond donors (Lipinski definition) is 0. The lowest BCUT2D eigenvalue weighted by atomic mass is 10.1. The molecule has 1 fully saturated rings. The molecule has 0 radical (unpaired) electrons. The predicted molar refractivity (Wildman–Crippen MR) is 170 cm³/mol. The zero-order chi connectivity index (χ0) is 30.0. The summed E-state index contributed by atoms with van der Waals surface area (Å²) in [6.45, 7) is 0. The summed E-state index contributed by atoms with van der Waals surface area (Å²) in [7, 11) is -2.90. The van der Waals surface area contributed by atoms with Crippen molar-refractivity contribution >= 4 is 96.8 Å². The van der Waals surface area contributed by atoms with Crippen LogP contribution in [0.4, 0.5) is 11.4 Å². The Bertz CT molecular complexity index is 1830. The highest BCUT2D eigenvalue weighted by atomic mass is 35.5. The standard InChI is InChI=1S/C29H18Cl4N2O5S2/c1-39-25-15-17(14-24(33)27(25)40-42(37,38)23-12-6-20(32)7-13-23)16-26-28(36)35(22-10-4-19(31)5-11-22)29(41-26)34-21-8-2-18(30)3-9-21/h2-16H,1H3/b26-16-,34-29?. The summed E-state index contributed by atoms with van der Waals surface area (Å²) in [5.41, 5.74) is 1.63. The molecule has 4 aromatic carbocycles. The Labute approximate surface area is 266 Å². The average Bonchev–Trinajstić information content (AvgIpc) is 3.25. The van der Waals surface area contributed by atoms with Gasteiger partial charge < -0.3 is 8.92 Å². The summed E-state index contributed by atoms with van der Waals surface area (Å²) >= 11 is 25.6. The van der Waals surface area contributed by atoms with Crippen LogP contribution in [-0.4, -0.2) is 26.6 Å². The smallest absolute Gasteiger partial charge is 0.339 e. The molecule has 0 N–H and O–H groups in total. The molecule has 0 aromatic heterocycles. The number of ether oxygens (including phenoxy) is 1. The molecule has 1 heterocycles. The van der Waals surface area contributed by atoms with Crippen molar-refractivity contribution in [3.63, 3.8) is 0 Å². The summed E-state index contributed by atoms with van der Waals surface area (Å²) in [6.07, 6.45) is 1.60. The fourth-order valence-electron chi connectivity index (χ4n) is 3.81. The first-order chi connectivity index (χ1) is 20.0.